The highest BCUT2D eigenvalue weighted by atomic mass is 32.1. The number of nitrogens with one attached hydrogen (secondary N) is 2. The van der Waals surface area contributed by atoms with Crippen LogP contribution in [0.15, 0.2) is 0 Å². The van der Waals surface area contributed by atoms with Crippen LogP contribution in [0.25, 0.3) is 0 Å². The molecule has 18 heavy (non-hydrogen) atoms. The largest absolute Gasteiger partial charge is 0.360 e. The number of amides is 1. The zero-order valence-electron chi connectivity index (χ0n) is 10.9. The molecule has 0 aromatic carbocycles. The summed E-state index contributed by atoms with van der Waals surface area (Å²) in [7, 11) is 0. The summed E-state index contributed by atoms with van der Waals surface area (Å²) < 4.78 is 0. The van der Waals surface area contributed by atoms with Crippen LogP contribution in [0.5, 0.6) is 0 Å². The highest BCUT2D eigenvalue weighted by molar-refractivity contribution is 7.17. The van der Waals surface area contributed by atoms with Crippen molar-refractivity contribution < 1.29 is 4.79 Å². The lowest BCUT2D eigenvalue weighted by molar-refractivity contribution is 0.0936. The van der Waals surface area contributed by atoms with Crippen LogP contribution in [0.1, 0.15) is 49.3 Å². The molecule has 1 heterocycles. The Labute approximate surface area is 111 Å². The molecule has 0 spiro atoms. The first-order valence-corrected chi connectivity index (χ1v) is 7.39. The highest BCUT2D eigenvalue weighted by Crippen LogP contribution is 2.33. The van der Waals surface area contributed by atoms with Gasteiger partial charge in [0, 0.05) is 12.6 Å². The van der Waals surface area contributed by atoms with Crippen molar-refractivity contribution in [2.75, 3.05) is 11.9 Å². The number of hydrogen-bond donors (Lipinski definition) is 2. The van der Waals surface area contributed by atoms with Crippen LogP contribution in [0.2, 0.25) is 0 Å². The topological polar surface area (TPSA) is 66.9 Å². The molecule has 2 rings (SSSR count). The third kappa shape index (κ3) is 3.94. The molecule has 100 valence electrons. The van der Waals surface area contributed by atoms with E-state index in [4.69, 9.17) is 0 Å². The Morgan fingerprint density at radius 2 is 2.28 bits per heavy atom. The van der Waals surface area contributed by atoms with Crippen molar-refractivity contribution in [2.24, 2.45) is 5.92 Å². The highest BCUT2D eigenvalue weighted by Gasteiger charge is 2.25. The molecule has 0 saturated heterocycles. The zero-order chi connectivity index (χ0) is 13.0. The lowest BCUT2D eigenvalue weighted by atomic mass is 10.1. The molecule has 6 heteroatoms. The van der Waals surface area contributed by atoms with E-state index in [0.717, 1.165) is 30.4 Å². The summed E-state index contributed by atoms with van der Waals surface area (Å²) in [5.74, 6) is 0.710. The number of aromatic nitrogens is 2. The van der Waals surface area contributed by atoms with Crippen molar-refractivity contribution in [3.63, 3.8) is 0 Å². The van der Waals surface area contributed by atoms with Gasteiger partial charge in [0.05, 0.1) is 0 Å². The predicted molar refractivity (Wildman–Crippen MR) is 73.0 cm³/mol. The van der Waals surface area contributed by atoms with Gasteiger partial charge in [0.2, 0.25) is 10.1 Å². The minimum atomic E-state index is -0.106. The van der Waals surface area contributed by atoms with E-state index in [0.29, 0.717) is 5.01 Å². The summed E-state index contributed by atoms with van der Waals surface area (Å²) in [5.41, 5.74) is 0. The average Bonchev–Trinajstić information content (AvgIpc) is 3.01. The van der Waals surface area contributed by atoms with Gasteiger partial charge in [-0.15, -0.1) is 10.2 Å². The summed E-state index contributed by atoms with van der Waals surface area (Å²) >= 11 is 1.31. The molecule has 1 aliphatic rings. The fraction of sp³-hybridized carbons (Fsp3) is 0.750. The lowest BCUT2D eigenvalue weighted by Crippen LogP contribution is -2.32. The third-order valence-corrected chi connectivity index (χ3v) is 3.79. The Bertz CT molecular complexity index is 403. The van der Waals surface area contributed by atoms with Crippen LogP contribution in [0.3, 0.4) is 0 Å². The SMILES string of the molecule is CCCNc1nnc(C(=O)NC(C)CC2CC2)s1. The number of nitrogens with zero attached hydrogens (tertiary/aromatic N) is 2. The Kier molecular flexibility index (Phi) is 4.52. The molecule has 1 aliphatic carbocycles. The van der Waals surface area contributed by atoms with Crippen molar-refractivity contribution in [2.45, 2.75) is 45.6 Å². The van der Waals surface area contributed by atoms with Gasteiger partial charge in [-0.1, -0.05) is 31.1 Å². The summed E-state index contributed by atoms with van der Waals surface area (Å²) in [6, 6.07) is 0.223. The van der Waals surface area contributed by atoms with Gasteiger partial charge in [0.25, 0.3) is 5.91 Å². The smallest absolute Gasteiger partial charge is 0.282 e. The number of hydrogen-bond acceptors (Lipinski definition) is 5. The summed E-state index contributed by atoms with van der Waals surface area (Å²) in [4.78, 5) is 11.9. The van der Waals surface area contributed by atoms with E-state index in [1.165, 1.54) is 24.2 Å². The lowest BCUT2D eigenvalue weighted by Gasteiger charge is -2.11. The van der Waals surface area contributed by atoms with E-state index >= 15 is 0 Å². The van der Waals surface area contributed by atoms with Gasteiger partial charge >= 0.3 is 0 Å². The van der Waals surface area contributed by atoms with Gasteiger partial charge in [0.15, 0.2) is 0 Å². The Morgan fingerprint density at radius 3 is 2.94 bits per heavy atom. The molecule has 0 aliphatic heterocycles. The second kappa shape index (κ2) is 6.13. The molecule has 5 nitrogen and oxygen atoms in total. The maximum Gasteiger partial charge on any atom is 0.282 e. The number of anilines is 1. The quantitative estimate of drug-likeness (QED) is 0.796. The first-order chi connectivity index (χ1) is 8.69. The molecule has 0 radical (unpaired) electrons. The zero-order valence-corrected chi connectivity index (χ0v) is 11.7. The van der Waals surface area contributed by atoms with Crippen LogP contribution >= 0.6 is 11.3 Å². The summed E-state index contributed by atoms with van der Waals surface area (Å²) in [5, 5.41) is 15.1. The van der Waals surface area contributed by atoms with Crippen LogP contribution < -0.4 is 10.6 Å². The van der Waals surface area contributed by atoms with Crippen molar-refractivity contribution in [3.05, 3.63) is 5.01 Å². The standard InChI is InChI=1S/C12H20N4OS/c1-3-6-13-12-16-15-11(18-12)10(17)14-8(2)7-9-4-5-9/h8-9H,3-7H2,1-2H3,(H,13,16)(H,14,17). The van der Waals surface area contributed by atoms with Crippen LogP contribution in [0, 0.1) is 5.92 Å². The molecule has 1 saturated carbocycles. The maximum atomic E-state index is 11.9. The molecule has 1 aromatic heterocycles. The molecular weight excluding hydrogens is 248 g/mol. The number of carbonyl (C=O) groups excluding carboxylic acids is 1. The number of carbonyl (C=O) groups is 1. The summed E-state index contributed by atoms with van der Waals surface area (Å²) in [6.45, 7) is 4.99. The molecule has 1 unspecified atom stereocenters. The second-order valence-corrected chi connectivity index (χ2v) is 5.87. The van der Waals surface area contributed by atoms with E-state index in [2.05, 4.69) is 27.8 Å². The predicted octanol–water partition coefficient (Wildman–Crippen LogP) is 2.28. The van der Waals surface area contributed by atoms with Crippen molar-refractivity contribution >= 4 is 22.4 Å². The second-order valence-electron chi connectivity index (χ2n) is 4.89. The fourth-order valence-electron chi connectivity index (χ4n) is 1.82. The number of rotatable bonds is 7. The van der Waals surface area contributed by atoms with E-state index < -0.39 is 0 Å². The minimum absolute atomic E-state index is 0.106. The van der Waals surface area contributed by atoms with E-state index in [1.807, 2.05) is 6.92 Å². The molecule has 1 aromatic rings. The van der Waals surface area contributed by atoms with Crippen LogP contribution in [-0.2, 0) is 0 Å². The molecule has 1 fully saturated rings. The Balaban J connectivity index is 1.81. The van der Waals surface area contributed by atoms with Crippen molar-refractivity contribution in [1.82, 2.24) is 15.5 Å². The maximum absolute atomic E-state index is 11.9. The summed E-state index contributed by atoms with van der Waals surface area (Å²) in [6.07, 6.45) is 4.72. The van der Waals surface area contributed by atoms with E-state index in [-0.39, 0.29) is 11.9 Å². The first-order valence-electron chi connectivity index (χ1n) is 6.57. The van der Waals surface area contributed by atoms with Gasteiger partial charge < -0.3 is 10.6 Å². The van der Waals surface area contributed by atoms with E-state index in [1.54, 1.807) is 0 Å². The molecule has 2 N–H and O–H groups in total. The normalized spacial score (nSPS) is 16.3. The molecule has 1 atom stereocenters. The van der Waals surface area contributed by atoms with Crippen molar-refractivity contribution in [3.8, 4) is 0 Å². The van der Waals surface area contributed by atoms with Gasteiger partial charge in [-0.25, -0.2) is 0 Å². The van der Waals surface area contributed by atoms with Crippen LogP contribution in [-0.4, -0.2) is 28.7 Å². The Hall–Kier alpha value is -1.17. The third-order valence-electron chi connectivity index (χ3n) is 2.91. The van der Waals surface area contributed by atoms with Crippen LogP contribution in [0.4, 0.5) is 5.13 Å². The first kappa shape index (κ1) is 13.3. The Morgan fingerprint density at radius 1 is 1.50 bits per heavy atom. The average molecular weight is 268 g/mol. The van der Waals surface area contributed by atoms with Gasteiger partial charge in [0.1, 0.15) is 0 Å². The van der Waals surface area contributed by atoms with E-state index in [9.17, 15) is 4.79 Å². The van der Waals surface area contributed by atoms with Crippen molar-refractivity contribution in [1.29, 1.82) is 0 Å². The van der Waals surface area contributed by atoms with Gasteiger partial charge in [-0.05, 0) is 25.7 Å². The van der Waals surface area contributed by atoms with Gasteiger partial charge in [-0.3, -0.25) is 4.79 Å². The molecule has 0 bridgehead atoms. The fourth-order valence-corrected chi connectivity index (χ4v) is 2.49. The molecular formula is C12H20N4OS. The molecule has 1 amide bonds. The minimum Gasteiger partial charge on any atom is -0.360 e. The monoisotopic (exact) mass is 268 g/mol. The van der Waals surface area contributed by atoms with Gasteiger partial charge in [-0.2, -0.15) is 0 Å².